The molecule has 0 spiro atoms. The SMILES string of the molecule is CCC(c1ccccc1)C1C(=O)OC(=O)C1C.CCCC1C(=O)OC(=O)C1C.CCCCC(C(=O)OC)C1C(=O)OC(=O)C1C. The molecule has 45 heavy (non-hydrogen) atoms. The highest BCUT2D eigenvalue weighted by atomic mass is 16.6. The molecule has 3 fully saturated rings. The topological polar surface area (TPSA) is 156 Å². The molecule has 8 unspecified atom stereocenters. The van der Waals surface area contributed by atoms with E-state index in [1.807, 2.05) is 51.1 Å². The van der Waals surface area contributed by atoms with Gasteiger partial charge < -0.3 is 18.9 Å². The van der Waals surface area contributed by atoms with Gasteiger partial charge in [0.25, 0.3) is 0 Å². The Kier molecular flexibility index (Phi) is 14.6. The molecular formula is C34H46O11. The number of unbranched alkanes of at least 4 members (excludes halogenated alkanes) is 1. The van der Waals surface area contributed by atoms with Crippen molar-refractivity contribution in [3.05, 3.63) is 35.9 Å². The summed E-state index contributed by atoms with van der Waals surface area (Å²) in [6, 6.07) is 9.83. The van der Waals surface area contributed by atoms with E-state index in [9.17, 15) is 33.6 Å². The molecular weight excluding hydrogens is 584 g/mol. The Morgan fingerprint density at radius 3 is 1.62 bits per heavy atom. The molecule has 11 nitrogen and oxygen atoms in total. The molecule has 0 amide bonds. The van der Waals surface area contributed by atoms with Crippen LogP contribution in [0, 0.1) is 41.4 Å². The molecule has 0 aromatic heterocycles. The summed E-state index contributed by atoms with van der Waals surface area (Å²) in [5.74, 6) is -5.95. The smallest absolute Gasteiger partial charge is 0.318 e. The van der Waals surface area contributed by atoms with Crippen molar-refractivity contribution in [1.29, 1.82) is 0 Å². The van der Waals surface area contributed by atoms with E-state index in [-0.39, 0.29) is 47.5 Å². The molecule has 3 aliphatic heterocycles. The van der Waals surface area contributed by atoms with Crippen LogP contribution in [0.1, 0.15) is 91.5 Å². The van der Waals surface area contributed by atoms with Crippen molar-refractivity contribution in [3.8, 4) is 0 Å². The Morgan fingerprint density at radius 2 is 1.22 bits per heavy atom. The number of hydrogen-bond acceptors (Lipinski definition) is 11. The van der Waals surface area contributed by atoms with Crippen LogP contribution in [0.4, 0.5) is 0 Å². The number of ether oxygens (including phenoxy) is 4. The van der Waals surface area contributed by atoms with Crippen molar-refractivity contribution < 1.29 is 52.5 Å². The number of esters is 7. The maximum Gasteiger partial charge on any atom is 0.318 e. The Labute approximate surface area is 264 Å². The molecule has 0 aliphatic carbocycles. The van der Waals surface area contributed by atoms with Gasteiger partial charge in [0.15, 0.2) is 0 Å². The molecule has 4 rings (SSSR count). The van der Waals surface area contributed by atoms with Crippen LogP contribution < -0.4 is 0 Å². The van der Waals surface area contributed by atoms with Crippen molar-refractivity contribution in [2.24, 2.45) is 41.4 Å². The first-order valence-electron chi connectivity index (χ1n) is 15.7. The Hall–Kier alpha value is -3.89. The number of benzene rings is 1. The fourth-order valence-electron chi connectivity index (χ4n) is 5.98. The molecule has 0 saturated carbocycles. The van der Waals surface area contributed by atoms with E-state index in [0.29, 0.717) is 6.42 Å². The average Bonchev–Trinajstić information content (AvgIpc) is 3.53. The van der Waals surface area contributed by atoms with Crippen LogP contribution in [0.5, 0.6) is 0 Å². The molecule has 248 valence electrons. The molecule has 1 aromatic carbocycles. The van der Waals surface area contributed by atoms with E-state index in [2.05, 4.69) is 9.47 Å². The van der Waals surface area contributed by atoms with Gasteiger partial charge in [-0.1, -0.05) is 91.1 Å². The van der Waals surface area contributed by atoms with Crippen LogP contribution in [0.3, 0.4) is 0 Å². The molecule has 3 heterocycles. The molecule has 3 aliphatic rings. The summed E-state index contributed by atoms with van der Waals surface area (Å²) in [6.07, 6.45) is 4.76. The lowest BCUT2D eigenvalue weighted by molar-refractivity contribution is -0.158. The number of cyclic esters (lactones) is 6. The van der Waals surface area contributed by atoms with E-state index in [1.54, 1.807) is 20.8 Å². The maximum absolute atomic E-state index is 11.7. The Morgan fingerprint density at radius 1 is 0.711 bits per heavy atom. The van der Waals surface area contributed by atoms with Crippen LogP contribution in [0.2, 0.25) is 0 Å². The minimum Gasteiger partial charge on any atom is -0.469 e. The van der Waals surface area contributed by atoms with E-state index in [4.69, 9.17) is 9.47 Å². The fourth-order valence-corrected chi connectivity index (χ4v) is 5.98. The van der Waals surface area contributed by atoms with Gasteiger partial charge in [-0.2, -0.15) is 0 Å². The normalized spacial score (nSPS) is 26.9. The number of rotatable bonds is 10. The predicted molar refractivity (Wildman–Crippen MR) is 161 cm³/mol. The van der Waals surface area contributed by atoms with Gasteiger partial charge in [0, 0.05) is 0 Å². The molecule has 0 N–H and O–H groups in total. The molecule has 8 atom stereocenters. The van der Waals surface area contributed by atoms with Crippen LogP contribution >= 0.6 is 0 Å². The quantitative estimate of drug-likeness (QED) is 0.196. The van der Waals surface area contributed by atoms with E-state index >= 15 is 0 Å². The highest BCUT2D eigenvalue weighted by Crippen LogP contribution is 2.38. The number of hydrogen-bond donors (Lipinski definition) is 0. The highest BCUT2D eigenvalue weighted by molar-refractivity contribution is 5.99. The summed E-state index contributed by atoms with van der Waals surface area (Å²) in [6.45, 7) is 11.1. The summed E-state index contributed by atoms with van der Waals surface area (Å²) in [5.41, 5.74) is 1.10. The minimum absolute atomic E-state index is 0.0603. The highest BCUT2D eigenvalue weighted by Gasteiger charge is 2.48. The Balaban J connectivity index is 0.000000241. The molecule has 1 aromatic rings. The number of carbonyl (C=O) groups is 7. The van der Waals surface area contributed by atoms with Gasteiger partial charge in [0.05, 0.1) is 48.5 Å². The van der Waals surface area contributed by atoms with Crippen molar-refractivity contribution >= 4 is 41.8 Å². The van der Waals surface area contributed by atoms with Crippen LogP contribution in [-0.4, -0.2) is 48.9 Å². The molecule has 0 radical (unpaired) electrons. The molecule has 11 heteroatoms. The van der Waals surface area contributed by atoms with Gasteiger partial charge in [-0.25, -0.2) is 0 Å². The summed E-state index contributed by atoms with van der Waals surface area (Å²) in [4.78, 5) is 79.4. The standard InChI is InChI=1S/C14H16O3.C12H18O5.C8H12O3/c1-3-11(10-7-5-4-6-8-10)12-9(2)13(15)17-14(12)16;1-4-5-6-8(11(14)16-3)9-7(2)10(13)17-12(9)15;1-3-4-6-5(2)7(9)11-8(6)10/h4-9,11-12H,3H2,1-2H3;7-9H,4-6H2,1-3H3;5-6H,3-4H2,1-2H3. The van der Waals surface area contributed by atoms with Gasteiger partial charge in [-0.05, 0) is 30.7 Å². The van der Waals surface area contributed by atoms with Gasteiger partial charge in [-0.15, -0.1) is 0 Å². The largest absolute Gasteiger partial charge is 0.469 e. The maximum atomic E-state index is 11.7. The lowest BCUT2D eigenvalue weighted by Gasteiger charge is -2.21. The van der Waals surface area contributed by atoms with Crippen molar-refractivity contribution in [2.45, 2.75) is 86.0 Å². The van der Waals surface area contributed by atoms with Gasteiger partial charge in [0.1, 0.15) is 0 Å². The zero-order valence-corrected chi connectivity index (χ0v) is 27.2. The third kappa shape index (κ3) is 9.31. The number of carbonyl (C=O) groups excluding carboxylic acids is 7. The summed E-state index contributed by atoms with van der Waals surface area (Å²) < 4.78 is 18.4. The Bertz CT molecular complexity index is 1220. The van der Waals surface area contributed by atoms with Crippen molar-refractivity contribution in [3.63, 3.8) is 0 Å². The third-order valence-corrected chi connectivity index (χ3v) is 8.75. The van der Waals surface area contributed by atoms with Crippen LogP contribution in [0.25, 0.3) is 0 Å². The number of methoxy groups -OCH3 is 1. The second kappa shape index (κ2) is 17.6. The van der Waals surface area contributed by atoms with Gasteiger partial charge >= 0.3 is 41.8 Å². The minimum atomic E-state index is -0.693. The van der Waals surface area contributed by atoms with Crippen molar-refractivity contribution in [1.82, 2.24) is 0 Å². The summed E-state index contributed by atoms with van der Waals surface area (Å²) in [7, 11) is 1.29. The predicted octanol–water partition coefficient (Wildman–Crippen LogP) is 4.94. The van der Waals surface area contributed by atoms with Crippen molar-refractivity contribution in [2.75, 3.05) is 7.11 Å². The first-order valence-corrected chi connectivity index (χ1v) is 15.7. The van der Waals surface area contributed by atoms with Crippen LogP contribution in [0.15, 0.2) is 30.3 Å². The third-order valence-electron chi connectivity index (χ3n) is 8.75. The first kappa shape index (κ1) is 37.3. The van der Waals surface area contributed by atoms with E-state index in [1.165, 1.54) is 7.11 Å². The second-order valence-electron chi connectivity index (χ2n) is 11.7. The average molecular weight is 631 g/mol. The van der Waals surface area contributed by atoms with E-state index in [0.717, 1.165) is 37.7 Å². The summed E-state index contributed by atoms with van der Waals surface area (Å²) in [5, 5.41) is 0. The van der Waals surface area contributed by atoms with Crippen LogP contribution in [-0.2, 0) is 52.5 Å². The monoisotopic (exact) mass is 630 g/mol. The fraction of sp³-hybridized carbons (Fsp3) is 0.618. The summed E-state index contributed by atoms with van der Waals surface area (Å²) >= 11 is 0. The lowest BCUT2D eigenvalue weighted by atomic mass is 9.78. The van der Waals surface area contributed by atoms with Gasteiger partial charge in [0.2, 0.25) is 0 Å². The molecule has 3 saturated heterocycles. The second-order valence-corrected chi connectivity index (χ2v) is 11.7. The first-order chi connectivity index (χ1) is 21.3. The zero-order valence-electron chi connectivity index (χ0n) is 27.2. The lowest BCUT2D eigenvalue weighted by Crippen LogP contribution is -2.31. The zero-order chi connectivity index (χ0) is 33.8. The van der Waals surface area contributed by atoms with E-state index < -0.39 is 41.6 Å². The molecule has 0 bridgehead atoms. The van der Waals surface area contributed by atoms with Gasteiger partial charge in [-0.3, -0.25) is 33.6 Å².